The van der Waals surface area contributed by atoms with Gasteiger partial charge in [0.15, 0.2) is 0 Å². The number of halogens is 1. The number of hydrogen-bond acceptors (Lipinski definition) is 4. The van der Waals surface area contributed by atoms with E-state index >= 15 is 0 Å². The van der Waals surface area contributed by atoms with Crippen molar-refractivity contribution >= 4 is 5.95 Å². The highest BCUT2D eigenvalue weighted by atomic mass is 19.1. The van der Waals surface area contributed by atoms with Crippen molar-refractivity contribution < 1.29 is 4.39 Å². The molecule has 1 aliphatic heterocycles. The maximum Gasteiger partial charge on any atom is 0.226 e. The van der Waals surface area contributed by atoms with Crippen LogP contribution in [0.4, 0.5) is 10.3 Å². The highest BCUT2D eigenvalue weighted by molar-refractivity contribution is 5.66. The normalized spacial score (nSPS) is 14.2. The number of hydrogen-bond donors (Lipinski definition) is 1. The first-order valence-electron chi connectivity index (χ1n) is 8.34. The Hall–Kier alpha value is -2.01. The summed E-state index contributed by atoms with van der Waals surface area (Å²) in [6, 6.07) is 6.61. The second-order valence-electron chi connectivity index (χ2n) is 5.73. The quantitative estimate of drug-likeness (QED) is 0.942. The molecule has 0 atom stereocenters. The summed E-state index contributed by atoms with van der Waals surface area (Å²) in [4.78, 5) is 11.8. The van der Waals surface area contributed by atoms with Crippen molar-refractivity contribution in [2.24, 2.45) is 0 Å². The van der Waals surface area contributed by atoms with Crippen LogP contribution in [0.15, 0.2) is 24.3 Å². The fraction of sp³-hybridized carbons (Fsp3) is 0.444. The van der Waals surface area contributed by atoms with Gasteiger partial charge in [0.1, 0.15) is 5.82 Å². The Morgan fingerprint density at radius 1 is 1.04 bits per heavy atom. The van der Waals surface area contributed by atoms with Gasteiger partial charge in [-0.15, -0.1) is 0 Å². The van der Waals surface area contributed by atoms with Gasteiger partial charge in [0.2, 0.25) is 5.95 Å². The zero-order valence-electron chi connectivity index (χ0n) is 13.8. The summed E-state index contributed by atoms with van der Waals surface area (Å²) in [5.41, 5.74) is 4.21. The maximum atomic E-state index is 13.3. The van der Waals surface area contributed by atoms with Crippen LogP contribution in [-0.2, 0) is 12.8 Å². The van der Waals surface area contributed by atoms with Gasteiger partial charge in [-0.05, 0) is 51.1 Å². The van der Waals surface area contributed by atoms with Crippen LogP contribution in [0.25, 0.3) is 11.3 Å². The van der Waals surface area contributed by atoms with Gasteiger partial charge in [-0.2, -0.15) is 0 Å². The molecule has 0 fully saturated rings. The van der Waals surface area contributed by atoms with Crippen LogP contribution >= 0.6 is 0 Å². The third-order valence-corrected chi connectivity index (χ3v) is 4.34. The minimum Gasteiger partial charge on any atom is -0.341 e. The predicted molar refractivity (Wildman–Crippen MR) is 91.3 cm³/mol. The van der Waals surface area contributed by atoms with Crippen LogP contribution in [-0.4, -0.2) is 36.1 Å². The van der Waals surface area contributed by atoms with Crippen LogP contribution in [0.1, 0.15) is 25.1 Å². The molecule has 5 heteroatoms. The fourth-order valence-electron chi connectivity index (χ4n) is 3.03. The Morgan fingerprint density at radius 3 is 2.43 bits per heavy atom. The molecule has 0 bridgehead atoms. The van der Waals surface area contributed by atoms with E-state index in [2.05, 4.69) is 24.1 Å². The summed E-state index contributed by atoms with van der Waals surface area (Å²) >= 11 is 0. The Labute approximate surface area is 136 Å². The number of anilines is 1. The van der Waals surface area contributed by atoms with Crippen molar-refractivity contribution in [2.75, 3.05) is 31.1 Å². The largest absolute Gasteiger partial charge is 0.341 e. The van der Waals surface area contributed by atoms with E-state index in [9.17, 15) is 4.39 Å². The summed E-state index contributed by atoms with van der Waals surface area (Å²) in [6.45, 7) is 7.82. The summed E-state index contributed by atoms with van der Waals surface area (Å²) in [5, 5.41) is 3.42. The van der Waals surface area contributed by atoms with E-state index in [-0.39, 0.29) is 5.82 Å². The lowest BCUT2D eigenvalue weighted by Gasteiger charge is -2.22. The van der Waals surface area contributed by atoms with Gasteiger partial charge < -0.3 is 10.2 Å². The Kier molecular flexibility index (Phi) is 4.86. The zero-order valence-corrected chi connectivity index (χ0v) is 13.8. The lowest BCUT2D eigenvalue weighted by atomic mass is 10.0. The molecular formula is C18H23FN4. The molecule has 0 unspecified atom stereocenters. The van der Waals surface area contributed by atoms with Gasteiger partial charge in [0, 0.05) is 37.2 Å². The molecular weight excluding hydrogens is 291 g/mol. The lowest BCUT2D eigenvalue weighted by molar-refractivity contribution is 0.628. The first kappa shape index (κ1) is 15.9. The van der Waals surface area contributed by atoms with E-state index in [1.54, 1.807) is 0 Å². The van der Waals surface area contributed by atoms with Gasteiger partial charge in [-0.25, -0.2) is 14.4 Å². The molecule has 2 aromatic rings. The SMILES string of the molecule is CCN(CC)c1nc2c(c(-c3ccc(F)cc3)n1)CCNCC2. The molecule has 0 spiro atoms. The number of aromatic nitrogens is 2. The smallest absolute Gasteiger partial charge is 0.226 e. The second-order valence-corrected chi connectivity index (χ2v) is 5.73. The molecule has 1 aromatic heterocycles. The van der Waals surface area contributed by atoms with Crippen molar-refractivity contribution in [1.82, 2.24) is 15.3 Å². The van der Waals surface area contributed by atoms with Crippen molar-refractivity contribution in [3.63, 3.8) is 0 Å². The number of nitrogens with zero attached hydrogens (tertiary/aromatic N) is 3. The lowest BCUT2D eigenvalue weighted by Crippen LogP contribution is -2.25. The van der Waals surface area contributed by atoms with Crippen LogP contribution in [0, 0.1) is 5.82 Å². The molecule has 23 heavy (non-hydrogen) atoms. The Balaban J connectivity index is 2.14. The molecule has 0 saturated heterocycles. The summed E-state index contributed by atoms with van der Waals surface area (Å²) < 4.78 is 13.3. The summed E-state index contributed by atoms with van der Waals surface area (Å²) in [7, 11) is 0. The molecule has 1 aliphatic rings. The molecule has 0 saturated carbocycles. The third kappa shape index (κ3) is 3.34. The number of rotatable bonds is 4. The topological polar surface area (TPSA) is 41.1 Å². The van der Waals surface area contributed by atoms with Gasteiger partial charge in [0.25, 0.3) is 0 Å². The Bertz CT molecular complexity index is 665. The van der Waals surface area contributed by atoms with E-state index in [0.717, 1.165) is 61.9 Å². The van der Waals surface area contributed by atoms with E-state index in [0.29, 0.717) is 0 Å². The van der Waals surface area contributed by atoms with Crippen molar-refractivity contribution in [1.29, 1.82) is 0 Å². The van der Waals surface area contributed by atoms with Gasteiger partial charge in [-0.3, -0.25) is 0 Å². The van der Waals surface area contributed by atoms with E-state index in [4.69, 9.17) is 9.97 Å². The molecule has 0 aliphatic carbocycles. The van der Waals surface area contributed by atoms with Crippen LogP contribution in [0.5, 0.6) is 0 Å². The molecule has 0 radical (unpaired) electrons. The molecule has 3 rings (SSSR count). The van der Waals surface area contributed by atoms with Gasteiger partial charge >= 0.3 is 0 Å². The van der Waals surface area contributed by atoms with Gasteiger partial charge in [-0.1, -0.05) is 0 Å². The van der Waals surface area contributed by atoms with Gasteiger partial charge in [0.05, 0.1) is 11.4 Å². The minimum atomic E-state index is -0.223. The summed E-state index contributed by atoms with van der Waals surface area (Å²) in [5.74, 6) is 0.550. The van der Waals surface area contributed by atoms with E-state index < -0.39 is 0 Å². The number of fused-ring (bicyclic) bond motifs is 1. The maximum absolute atomic E-state index is 13.3. The van der Waals surface area contributed by atoms with E-state index in [1.165, 1.54) is 17.7 Å². The second kappa shape index (κ2) is 7.04. The highest BCUT2D eigenvalue weighted by Gasteiger charge is 2.19. The molecule has 1 N–H and O–H groups in total. The zero-order chi connectivity index (χ0) is 16.2. The monoisotopic (exact) mass is 314 g/mol. The molecule has 0 amide bonds. The molecule has 122 valence electrons. The standard InChI is InChI=1S/C18H23FN4/c1-3-23(4-2)18-21-16-10-12-20-11-9-15(16)17(22-18)13-5-7-14(19)8-6-13/h5-8,20H,3-4,9-12H2,1-2H3. The van der Waals surface area contributed by atoms with Crippen LogP contribution in [0.3, 0.4) is 0 Å². The van der Waals surface area contributed by atoms with Crippen LogP contribution in [0.2, 0.25) is 0 Å². The predicted octanol–water partition coefficient (Wildman–Crippen LogP) is 2.82. The average Bonchev–Trinajstić information content (AvgIpc) is 2.81. The molecule has 2 heterocycles. The minimum absolute atomic E-state index is 0.223. The number of benzene rings is 1. The van der Waals surface area contributed by atoms with Crippen molar-refractivity contribution in [2.45, 2.75) is 26.7 Å². The third-order valence-electron chi connectivity index (χ3n) is 4.34. The van der Waals surface area contributed by atoms with Crippen molar-refractivity contribution in [3.8, 4) is 11.3 Å². The fourth-order valence-corrected chi connectivity index (χ4v) is 3.03. The first-order chi connectivity index (χ1) is 11.2. The van der Waals surface area contributed by atoms with Crippen LogP contribution < -0.4 is 10.2 Å². The van der Waals surface area contributed by atoms with E-state index in [1.807, 2.05) is 12.1 Å². The molecule has 4 nitrogen and oxygen atoms in total. The van der Waals surface area contributed by atoms with Crippen molar-refractivity contribution in [3.05, 3.63) is 41.3 Å². The summed E-state index contributed by atoms with van der Waals surface area (Å²) in [6.07, 6.45) is 1.81. The number of nitrogens with one attached hydrogen (secondary N) is 1. The Morgan fingerprint density at radius 2 is 1.74 bits per heavy atom. The molecule has 1 aromatic carbocycles. The first-order valence-corrected chi connectivity index (χ1v) is 8.34. The highest BCUT2D eigenvalue weighted by Crippen LogP contribution is 2.28. The average molecular weight is 314 g/mol.